The van der Waals surface area contributed by atoms with Gasteiger partial charge in [-0.05, 0) is 12.1 Å². The second-order valence-electron chi connectivity index (χ2n) is 3.08. The Kier molecular flexibility index (Phi) is 7.59. The van der Waals surface area contributed by atoms with E-state index in [1.54, 1.807) is 31.2 Å². The molecule has 1 aliphatic heterocycles. The molecule has 0 saturated carbocycles. The van der Waals surface area contributed by atoms with Gasteiger partial charge in [0.1, 0.15) is 11.5 Å². The van der Waals surface area contributed by atoms with Crippen LogP contribution in [0, 0.1) is 0 Å². The Labute approximate surface area is 110 Å². The van der Waals surface area contributed by atoms with Crippen LogP contribution >= 0.6 is 0 Å². The number of hydrogen-bond donors (Lipinski definition) is 0. The Bertz CT molecular complexity index is 377. The minimum atomic E-state index is -0.0392. The Balaban J connectivity index is 0.000000659. The van der Waals surface area contributed by atoms with E-state index in [9.17, 15) is 4.79 Å². The molecule has 0 N–H and O–H groups in total. The average Bonchev–Trinajstić information content (AvgIpc) is 2.47. The summed E-state index contributed by atoms with van der Waals surface area (Å²) in [6.07, 6.45) is 0. The molecular weight excluding hydrogens is 230 g/mol. The Hall–Kier alpha value is -1.71. The molecule has 0 bridgehead atoms. The zero-order valence-electron chi connectivity index (χ0n) is 12.1. The van der Waals surface area contributed by atoms with Crippen LogP contribution in [-0.4, -0.2) is 26.7 Å². The van der Waals surface area contributed by atoms with Gasteiger partial charge in [0.15, 0.2) is 6.61 Å². The van der Waals surface area contributed by atoms with Gasteiger partial charge in [0.05, 0.1) is 12.8 Å². The Morgan fingerprint density at radius 3 is 2.39 bits per heavy atom. The molecule has 0 spiro atoms. The van der Waals surface area contributed by atoms with Crippen molar-refractivity contribution >= 4 is 11.6 Å². The summed E-state index contributed by atoms with van der Waals surface area (Å²) in [5.74, 6) is 1.38. The quantitative estimate of drug-likeness (QED) is 0.772. The van der Waals surface area contributed by atoms with Crippen LogP contribution in [0.1, 0.15) is 27.7 Å². The van der Waals surface area contributed by atoms with E-state index in [0.717, 1.165) is 11.4 Å². The van der Waals surface area contributed by atoms with Crippen LogP contribution in [0.2, 0.25) is 0 Å². The molecular formula is C14H23NO3. The summed E-state index contributed by atoms with van der Waals surface area (Å²) in [5.41, 5.74) is 0.780. The molecule has 4 heteroatoms. The average molecular weight is 253 g/mol. The van der Waals surface area contributed by atoms with E-state index in [-0.39, 0.29) is 12.5 Å². The highest BCUT2D eigenvalue weighted by atomic mass is 16.5. The van der Waals surface area contributed by atoms with Crippen molar-refractivity contribution in [3.05, 3.63) is 18.2 Å². The number of ether oxygens (including phenoxy) is 2. The Morgan fingerprint density at radius 2 is 1.83 bits per heavy atom. The second-order valence-corrected chi connectivity index (χ2v) is 3.08. The number of benzene rings is 1. The highest BCUT2D eigenvalue weighted by Crippen LogP contribution is 2.34. The maximum atomic E-state index is 11.3. The number of hydrogen-bond acceptors (Lipinski definition) is 3. The number of likely N-dealkylation sites (N-methyl/N-ethyl adjacent to an activating group) is 1. The molecule has 1 amide bonds. The SMILES string of the molecule is CC.CC.COc1ccc2c(c1)OCC(=O)N2C. The largest absolute Gasteiger partial charge is 0.497 e. The molecule has 102 valence electrons. The van der Waals surface area contributed by atoms with E-state index >= 15 is 0 Å². The molecule has 0 saturated heterocycles. The lowest BCUT2D eigenvalue weighted by atomic mass is 10.2. The van der Waals surface area contributed by atoms with E-state index in [1.807, 2.05) is 33.8 Å². The zero-order chi connectivity index (χ0) is 14.1. The number of anilines is 1. The number of nitrogens with zero attached hydrogens (tertiary/aromatic N) is 1. The van der Waals surface area contributed by atoms with Gasteiger partial charge in [-0.25, -0.2) is 0 Å². The summed E-state index contributed by atoms with van der Waals surface area (Å²) in [5, 5.41) is 0. The van der Waals surface area contributed by atoms with E-state index in [0.29, 0.717) is 5.75 Å². The van der Waals surface area contributed by atoms with E-state index in [4.69, 9.17) is 9.47 Å². The number of carbonyl (C=O) groups excluding carboxylic acids is 1. The van der Waals surface area contributed by atoms with Crippen LogP contribution in [0.15, 0.2) is 18.2 Å². The molecule has 0 aliphatic carbocycles. The van der Waals surface area contributed by atoms with Crippen molar-refractivity contribution in [3.63, 3.8) is 0 Å². The minimum Gasteiger partial charge on any atom is -0.497 e. The molecule has 1 aromatic rings. The van der Waals surface area contributed by atoms with Gasteiger partial charge in [-0.3, -0.25) is 4.79 Å². The van der Waals surface area contributed by atoms with Crippen LogP contribution in [0.4, 0.5) is 5.69 Å². The molecule has 1 heterocycles. The van der Waals surface area contributed by atoms with Gasteiger partial charge in [-0.15, -0.1) is 0 Å². The van der Waals surface area contributed by atoms with Gasteiger partial charge in [0.2, 0.25) is 0 Å². The van der Waals surface area contributed by atoms with Gasteiger partial charge in [0.25, 0.3) is 5.91 Å². The smallest absolute Gasteiger partial charge is 0.264 e. The van der Waals surface area contributed by atoms with E-state index in [1.165, 1.54) is 0 Å². The van der Waals surface area contributed by atoms with E-state index < -0.39 is 0 Å². The van der Waals surface area contributed by atoms with Gasteiger partial charge >= 0.3 is 0 Å². The maximum absolute atomic E-state index is 11.3. The fourth-order valence-corrected chi connectivity index (χ4v) is 1.38. The van der Waals surface area contributed by atoms with Gasteiger partial charge in [-0.1, -0.05) is 27.7 Å². The Morgan fingerprint density at radius 1 is 1.22 bits per heavy atom. The van der Waals surface area contributed by atoms with Crippen LogP contribution in [0.5, 0.6) is 11.5 Å². The van der Waals surface area contributed by atoms with E-state index in [2.05, 4.69) is 0 Å². The van der Waals surface area contributed by atoms with Gasteiger partial charge in [-0.2, -0.15) is 0 Å². The van der Waals surface area contributed by atoms with Crippen LogP contribution < -0.4 is 14.4 Å². The van der Waals surface area contributed by atoms with Crippen molar-refractivity contribution in [2.24, 2.45) is 0 Å². The fraction of sp³-hybridized carbons (Fsp3) is 0.500. The maximum Gasteiger partial charge on any atom is 0.264 e. The summed E-state index contributed by atoms with van der Waals surface area (Å²) in [6.45, 7) is 8.09. The first-order valence-corrected chi connectivity index (χ1v) is 6.30. The molecule has 0 atom stereocenters. The molecule has 0 radical (unpaired) electrons. The first-order valence-electron chi connectivity index (χ1n) is 6.30. The van der Waals surface area contributed by atoms with Crippen LogP contribution in [0.3, 0.4) is 0 Å². The molecule has 0 aromatic heterocycles. The van der Waals surface area contributed by atoms with Crippen molar-refractivity contribution in [1.29, 1.82) is 0 Å². The lowest BCUT2D eigenvalue weighted by Gasteiger charge is -2.25. The summed E-state index contributed by atoms with van der Waals surface area (Å²) in [7, 11) is 3.33. The number of carbonyl (C=O) groups is 1. The first-order chi connectivity index (χ1) is 8.72. The van der Waals surface area contributed by atoms with Crippen LogP contribution in [-0.2, 0) is 4.79 Å². The van der Waals surface area contributed by atoms with Crippen molar-refractivity contribution in [2.75, 3.05) is 25.7 Å². The molecule has 0 fully saturated rings. The highest BCUT2D eigenvalue weighted by molar-refractivity contribution is 5.97. The third-order valence-electron chi connectivity index (χ3n) is 2.25. The molecule has 4 nitrogen and oxygen atoms in total. The fourth-order valence-electron chi connectivity index (χ4n) is 1.38. The lowest BCUT2D eigenvalue weighted by molar-refractivity contribution is -0.120. The second kappa shape index (κ2) is 8.39. The normalized spacial score (nSPS) is 12.1. The number of fused-ring (bicyclic) bond motifs is 1. The number of amides is 1. The predicted octanol–water partition coefficient (Wildman–Crippen LogP) is 3.10. The summed E-state index contributed by atoms with van der Waals surface area (Å²) >= 11 is 0. The summed E-state index contributed by atoms with van der Waals surface area (Å²) in [6, 6.07) is 5.39. The predicted molar refractivity (Wildman–Crippen MR) is 74.6 cm³/mol. The number of rotatable bonds is 1. The molecule has 18 heavy (non-hydrogen) atoms. The van der Waals surface area contributed by atoms with Crippen molar-refractivity contribution < 1.29 is 14.3 Å². The van der Waals surface area contributed by atoms with Crippen molar-refractivity contribution in [2.45, 2.75) is 27.7 Å². The van der Waals surface area contributed by atoms with Crippen LogP contribution in [0.25, 0.3) is 0 Å². The topological polar surface area (TPSA) is 38.8 Å². The molecule has 0 unspecified atom stereocenters. The third-order valence-corrected chi connectivity index (χ3v) is 2.25. The molecule has 1 aliphatic rings. The third kappa shape index (κ3) is 3.65. The monoisotopic (exact) mass is 253 g/mol. The summed E-state index contributed by atoms with van der Waals surface area (Å²) in [4.78, 5) is 12.9. The number of methoxy groups -OCH3 is 1. The van der Waals surface area contributed by atoms with Gasteiger partial charge in [0, 0.05) is 13.1 Å². The van der Waals surface area contributed by atoms with Crippen molar-refractivity contribution in [1.82, 2.24) is 0 Å². The van der Waals surface area contributed by atoms with Crippen molar-refractivity contribution in [3.8, 4) is 11.5 Å². The first kappa shape index (κ1) is 16.3. The highest BCUT2D eigenvalue weighted by Gasteiger charge is 2.22. The minimum absolute atomic E-state index is 0.0392. The zero-order valence-corrected chi connectivity index (χ0v) is 12.1. The van der Waals surface area contributed by atoms with Gasteiger partial charge < -0.3 is 14.4 Å². The molecule has 2 rings (SSSR count). The molecule has 1 aromatic carbocycles. The lowest BCUT2D eigenvalue weighted by Crippen LogP contribution is -2.35. The summed E-state index contributed by atoms with van der Waals surface area (Å²) < 4.78 is 10.3. The standard InChI is InChI=1S/C10H11NO3.2C2H6/c1-11-8-4-3-7(13-2)5-9(8)14-6-10(11)12;2*1-2/h3-5H,6H2,1-2H3;2*1-2H3.